The van der Waals surface area contributed by atoms with Gasteiger partial charge in [0.15, 0.2) is 6.23 Å². The van der Waals surface area contributed by atoms with Crippen LogP contribution in [-0.4, -0.2) is 35.5 Å². The molecule has 1 aliphatic heterocycles. The monoisotopic (exact) mass is 453 g/mol. The number of unbranched alkanes of at least 4 members (excludes halogenated alkanes) is 1. The number of carbonyl (C=O) groups is 1. The van der Waals surface area contributed by atoms with E-state index in [1.54, 1.807) is 23.9 Å². The molecule has 1 N–H and O–H groups in total. The first-order valence-corrected chi connectivity index (χ1v) is 10.5. The zero-order valence-electron chi connectivity index (χ0n) is 11.3. The Morgan fingerprint density at radius 1 is 1.33 bits per heavy atom. The van der Waals surface area contributed by atoms with Crippen molar-refractivity contribution in [2.45, 2.75) is 19.1 Å². The zero-order chi connectivity index (χ0) is 15.2. The van der Waals surface area contributed by atoms with Crippen LogP contribution in [-0.2, 0) is 0 Å². The van der Waals surface area contributed by atoms with Crippen molar-refractivity contribution >= 4 is 67.8 Å². The van der Waals surface area contributed by atoms with E-state index >= 15 is 0 Å². The number of nitrogens with zero attached hydrogens (tertiary/aromatic N) is 1. The van der Waals surface area contributed by atoms with E-state index in [-0.39, 0.29) is 5.91 Å². The summed E-state index contributed by atoms with van der Waals surface area (Å²) in [6.45, 7) is 0. The van der Waals surface area contributed by atoms with Gasteiger partial charge in [0, 0.05) is 11.1 Å². The number of rotatable bonds is 6. The fourth-order valence-corrected chi connectivity index (χ4v) is 4.70. The minimum atomic E-state index is -0.854. The van der Waals surface area contributed by atoms with Gasteiger partial charge in [0.2, 0.25) is 0 Å². The Morgan fingerprint density at radius 2 is 2.10 bits per heavy atom. The predicted octanol–water partition coefficient (Wildman–Crippen LogP) is 4.06. The highest BCUT2D eigenvalue weighted by molar-refractivity contribution is 14.1. The molecule has 0 bridgehead atoms. The number of halogens is 1. The van der Waals surface area contributed by atoms with Crippen molar-refractivity contribution in [1.29, 1.82) is 0 Å². The first kappa shape index (κ1) is 17.5. The topological polar surface area (TPSA) is 40.5 Å². The van der Waals surface area contributed by atoms with Crippen molar-refractivity contribution in [3.05, 3.63) is 35.4 Å². The molecule has 1 heterocycles. The summed E-state index contributed by atoms with van der Waals surface area (Å²) < 4.78 is 2.00. The number of amides is 1. The Morgan fingerprint density at radius 3 is 2.81 bits per heavy atom. The van der Waals surface area contributed by atoms with Crippen molar-refractivity contribution in [2.24, 2.45) is 0 Å². The molecule has 0 spiro atoms. The summed E-state index contributed by atoms with van der Waals surface area (Å²) in [5, 5.41) is 10.2. The Balaban J connectivity index is 1.82. The van der Waals surface area contributed by atoms with Gasteiger partial charge in [-0.15, -0.1) is 11.8 Å². The first-order valence-electron chi connectivity index (χ1n) is 6.58. The van der Waals surface area contributed by atoms with Crippen molar-refractivity contribution < 1.29 is 9.90 Å². The van der Waals surface area contributed by atoms with Gasteiger partial charge in [-0.25, -0.2) is 0 Å². The van der Waals surface area contributed by atoms with Gasteiger partial charge in [-0.3, -0.25) is 9.69 Å². The second-order valence-electron chi connectivity index (χ2n) is 4.50. The van der Waals surface area contributed by atoms with Gasteiger partial charge in [0.25, 0.3) is 5.91 Å². The molecular weight excluding hydrogens is 437 g/mol. The van der Waals surface area contributed by atoms with Gasteiger partial charge in [-0.2, -0.15) is 0 Å². The van der Waals surface area contributed by atoms with E-state index in [0.717, 1.165) is 15.7 Å². The molecule has 0 saturated heterocycles. The van der Waals surface area contributed by atoms with Crippen molar-refractivity contribution in [3.8, 4) is 0 Å². The molecule has 1 atom stereocenters. The number of aliphatic hydroxyl groups excluding tert-OH is 1. The Labute approximate surface area is 152 Å². The molecule has 1 unspecified atom stereocenters. The maximum Gasteiger partial charge on any atom is 0.257 e. The number of alkyl halides is 1. The van der Waals surface area contributed by atoms with Gasteiger partial charge >= 0.3 is 0 Å². The van der Waals surface area contributed by atoms with Crippen LogP contribution in [0.25, 0.3) is 0 Å². The second-order valence-corrected chi connectivity index (χ2v) is 8.83. The highest BCUT2D eigenvalue weighted by Crippen LogP contribution is 2.33. The van der Waals surface area contributed by atoms with Crippen molar-refractivity contribution in [2.75, 3.05) is 16.1 Å². The number of thioether (sulfide) groups is 2. The number of hydrogen-bond acceptors (Lipinski definition) is 5. The SMILES string of the molecule is O=C1c2ccccc2C(O)N1CSC(=S)SCCCCI. The maximum atomic E-state index is 12.2. The molecule has 21 heavy (non-hydrogen) atoms. The van der Waals surface area contributed by atoms with Crippen LogP contribution < -0.4 is 0 Å². The molecule has 1 aromatic rings. The number of aliphatic hydroxyl groups is 1. The Hall–Kier alpha value is 0.170. The standard InChI is InChI=1S/C14H16INO2S3/c15-7-3-4-8-20-14(19)21-9-16-12(17)10-5-1-2-6-11(10)13(16)18/h1-2,5-6,12,17H,3-4,7-9H2. The molecule has 0 aliphatic carbocycles. The molecule has 1 aliphatic rings. The van der Waals surface area contributed by atoms with E-state index in [4.69, 9.17) is 12.2 Å². The lowest BCUT2D eigenvalue weighted by Crippen LogP contribution is -2.27. The molecule has 2 rings (SSSR count). The molecule has 0 saturated carbocycles. The molecule has 3 nitrogen and oxygen atoms in total. The average molecular weight is 453 g/mol. The van der Waals surface area contributed by atoms with Crippen LogP contribution in [0, 0.1) is 0 Å². The summed E-state index contributed by atoms with van der Waals surface area (Å²) in [5.41, 5.74) is 1.27. The minimum absolute atomic E-state index is 0.122. The molecule has 0 aromatic heterocycles. The lowest BCUT2D eigenvalue weighted by atomic mass is 10.1. The van der Waals surface area contributed by atoms with Crippen molar-refractivity contribution in [1.82, 2.24) is 4.90 Å². The van der Waals surface area contributed by atoms with Crippen LogP contribution in [0.3, 0.4) is 0 Å². The molecule has 1 amide bonds. The summed E-state index contributed by atoms with van der Waals surface area (Å²) in [6.07, 6.45) is 1.51. The van der Waals surface area contributed by atoms with Crippen LogP contribution in [0.15, 0.2) is 24.3 Å². The third-order valence-electron chi connectivity index (χ3n) is 3.09. The van der Waals surface area contributed by atoms with Crippen LogP contribution in [0.1, 0.15) is 35.0 Å². The largest absolute Gasteiger partial charge is 0.369 e. The zero-order valence-corrected chi connectivity index (χ0v) is 15.9. The fraction of sp³-hybridized carbons (Fsp3) is 0.429. The van der Waals surface area contributed by atoms with Gasteiger partial charge in [-0.05, 0) is 29.1 Å². The fourth-order valence-electron chi connectivity index (χ4n) is 2.00. The number of fused-ring (bicyclic) bond motifs is 1. The summed E-state index contributed by atoms with van der Waals surface area (Å²) in [7, 11) is 0. The number of hydrogen-bond donors (Lipinski definition) is 1. The molecule has 0 fully saturated rings. The van der Waals surface area contributed by atoms with E-state index in [1.165, 1.54) is 27.5 Å². The van der Waals surface area contributed by atoms with Crippen LogP contribution >= 0.6 is 58.3 Å². The first-order chi connectivity index (χ1) is 10.1. The van der Waals surface area contributed by atoms with Gasteiger partial charge in [-0.1, -0.05) is 64.8 Å². The Kier molecular flexibility index (Phi) is 7.27. The van der Waals surface area contributed by atoms with Crippen LogP contribution in [0.5, 0.6) is 0 Å². The average Bonchev–Trinajstić information content (AvgIpc) is 2.74. The summed E-state index contributed by atoms with van der Waals surface area (Å²) in [5.74, 6) is 1.29. The van der Waals surface area contributed by atoms with Crippen molar-refractivity contribution in [3.63, 3.8) is 0 Å². The minimum Gasteiger partial charge on any atom is -0.369 e. The molecule has 1 aromatic carbocycles. The molecule has 114 valence electrons. The van der Waals surface area contributed by atoms with E-state index in [1.807, 2.05) is 12.1 Å². The van der Waals surface area contributed by atoms with Gasteiger partial charge < -0.3 is 5.11 Å². The highest BCUT2D eigenvalue weighted by atomic mass is 127. The number of carbonyl (C=O) groups excluding carboxylic acids is 1. The highest BCUT2D eigenvalue weighted by Gasteiger charge is 2.34. The summed E-state index contributed by atoms with van der Waals surface area (Å²) >= 11 is 10.8. The lowest BCUT2D eigenvalue weighted by Gasteiger charge is -2.20. The smallest absolute Gasteiger partial charge is 0.257 e. The van der Waals surface area contributed by atoms with Gasteiger partial charge in [0.1, 0.15) is 3.53 Å². The normalized spacial score (nSPS) is 17.1. The van der Waals surface area contributed by atoms with Crippen LogP contribution in [0.4, 0.5) is 0 Å². The summed E-state index contributed by atoms with van der Waals surface area (Å²) in [4.78, 5) is 13.7. The predicted molar refractivity (Wildman–Crippen MR) is 103 cm³/mol. The molecule has 0 radical (unpaired) electrons. The third-order valence-corrected chi connectivity index (χ3v) is 6.64. The maximum absolute atomic E-state index is 12.2. The summed E-state index contributed by atoms with van der Waals surface area (Å²) in [6, 6.07) is 7.19. The lowest BCUT2D eigenvalue weighted by molar-refractivity contribution is 0.0273. The van der Waals surface area contributed by atoms with E-state index < -0.39 is 6.23 Å². The van der Waals surface area contributed by atoms with Crippen LogP contribution in [0.2, 0.25) is 0 Å². The second kappa shape index (κ2) is 8.71. The number of benzene rings is 1. The van der Waals surface area contributed by atoms with Gasteiger partial charge in [0.05, 0.1) is 5.88 Å². The van der Waals surface area contributed by atoms with E-state index in [9.17, 15) is 9.90 Å². The number of thiocarbonyl (C=S) groups is 1. The van der Waals surface area contributed by atoms with E-state index in [0.29, 0.717) is 17.0 Å². The quantitative estimate of drug-likeness (QED) is 0.305. The molecule has 7 heteroatoms. The third kappa shape index (κ3) is 4.57. The Bertz CT molecular complexity index is 527. The van der Waals surface area contributed by atoms with E-state index in [2.05, 4.69) is 22.6 Å². The molecular formula is C14H16INO2S3.